The van der Waals surface area contributed by atoms with E-state index in [1.54, 1.807) is 6.07 Å². The zero-order valence-corrected chi connectivity index (χ0v) is 10.00. The van der Waals surface area contributed by atoms with E-state index in [1.807, 2.05) is 0 Å². The second kappa shape index (κ2) is 5.33. The van der Waals surface area contributed by atoms with Crippen molar-refractivity contribution in [1.29, 1.82) is 0 Å². The molecule has 1 aliphatic rings. The van der Waals surface area contributed by atoms with Crippen LogP contribution in [-0.4, -0.2) is 35.2 Å². The first-order valence-electron chi connectivity index (χ1n) is 5.52. The number of halogens is 1. The number of nitrogens with one attached hydrogen (secondary N) is 2. The van der Waals surface area contributed by atoms with E-state index >= 15 is 0 Å². The number of aromatic nitrogens is 1. The minimum Gasteiger partial charge on any atom is -0.395 e. The Morgan fingerprint density at radius 1 is 1.59 bits per heavy atom. The van der Waals surface area contributed by atoms with Crippen LogP contribution in [0.5, 0.6) is 0 Å². The number of amides is 1. The Bertz CT molecular complexity index is 421. The molecule has 0 spiro atoms. The summed E-state index contributed by atoms with van der Waals surface area (Å²) in [4.78, 5) is 15.8. The highest BCUT2D eigenvalue weighted by atomic mass is 35.5. The zero-order valence-electron chi connectivity index (χ0n) is 9.24. The Balaban J connectivity index is 2.10. The molecule has 92 valence electrons. The molecule has 1 fully saturated rings. The lowest BCUT2D eigenvalue weighted by Gasteiger charge is -2.08. The van der Waals surface area contributed by atoms with Gasteiger partial charge in [-0.3, -0.25) is 4.79 Å². The normalized spacial score (nSPS) is 14.5. The van der Waals surface area contributed by atoms with Gasteiger partial charge in [0.1, 0.15) is 5.82 Å². The van der Waals surface area contributed by atoms with Crippen molar-refractivity contribution in [1.82, 2.24) is 10.3 Å². The number of nitrogens with zero attached hydrogens (tertiary/aromatic N) is 1. The van der Waals surface area contributed by atoms with Crippen molar-refractivity contribution in [3.63, 3.8) is 0 Å². The van der Waals surface area contributed by atoms with E-state index in [0.717, 1.165) is 12.8 Å². The van der Waals surface area contributed by atoms with Gasteiger partial charge < -0.3 is 15.7 Å². The number of aliphatic hydroxyl groups is 1. The monoisotopic (exact) mass is 255 g/mol. The third-order valence-corrected chi connectivity index (χ3v) is 2.73. The van der Waals surface area contributed by atoms with Crippen LogP contribution < -0.4 is 10.6 Å². The van der Waals surface area contributed by atoms with Crippen LogP contribution in [0.3, 0.4) is 0 Å². The number of anilines is 1. The maximum atomic E-state index is 11.7. The fraction of sp³-hybridized carbons (Fsp3) is 0.455. The van der Waals surface area contributed by atoms with E-state index in [-0.39, 0.29) is 19.1 Å². The Kier molecular flexibility index (Phi) is 3.81. The van der Waals surface area contributed by atoms with Gasteiger partial charge in [0.2, 0.25) is 0 Å². The summed E-state index contributed by atoms with van der Waals surface area (Å²) in [5.41, 5.74) is 0.373. The fourth-order valence-electron chi connectivity index (χ4n) is 1.39. The SMILES string of the molecule is O=C(NCCO)c1cc(NC2CC2)ncc1Cl. The summed E-state index contributed by atoms with van der Waals surface area (Å²) in [5.74, 6) is 0.358. The molecule has 1 aromatic rings. The second-order valence-corrected chi connectivity index (χ2v) is 4.35. The van der Waals surface area contributed by atoms with Crippen LogP contribution in [0.2, 0.25) is 5.02 Å². The van der Waals surface area contributed by atoms with Gasteiger partial charge >= 0.3 is 0 Å². The Labute approximate surface area is 104 Å². The number of hydrogen-bond donors (Lipinski definition) is 3. The lowest BCUT2D eigenvalue weighted by Crippen LogP contribution is -2.26. The number of carbonyl (C=O) groups excluding carboxylic acids is 1. The molecule has 5 nitrogen and oxygen atoms in total. The molecule has 0 atom stereocenters. The molecule has 0 aliphatic heterocycles. The van der Waals surface area contributed by atoms with E-state index in [1.165, 1.54) is 6.20 Å². The first-order chi connectivity index (χ1) is 8.20. The van der Waals surface area contributed by atoms with Crippen LogP contribution in [0.15, 0.2) is 12.3 Å². The van der Waals surface area contributed by atoms with Crippen LogP contribution in [0.1, 0.15) is 23.2 Å². The zero-order chi connectivity index (χ0) is 12.3. The first-order valence-corrected chi connectivity index (χ1v) is 5.89. The molecule has 0 saturated heterocycles. The summed E-state index contributed by atoms with van der Waals surface area (Å²) < 4.78 is 0. The molecule has 1 aliphatic carbocycles. The van der Waals surface area contributed by atoms with E-state index in [2.05, 4.69) is 15.6 Å². The van der Waals surface area contributed by atoms with Crippen molar-refractivity contribution in [2.45, 2.75) is 18.9 Å². The average molecular weight is 256 g/mol. The van der Waals surface area contributed by atoms with Crippen LogP contribution in [-0.2, 0) is 0 Å². The molecule has 0 bridgehead atoms. The molecular weight excluding hydrogens is 242 g/mol. The number of hydrogen-bond acceptors (Lipinski definition) is 4. The Morgan fingerprint density at radius 3 is 3.00 bits per heavy atom. The largest absolute Gasteiger partial charge is 0.395 e. The van der Waals surface area contributed by atoms with Gasteiger partial charge in [0.05, 0.1) is 17.2 Å². The predicted octanol–water partition coefficient (Wildman–Crippen LogP) is 1.03. The smallest absolute Gasteiger partial charge is 0.253 e. The van der Waals surface area contributed by atoms with Gasteiger partial charge in [0.15, 0.2) is 0 Å². The van der Waals surface area contributed by atoms with E-state index in [0.29, 0.717) is 22.4 Å². The molecule has 1 heterocycles. The fourth-order valence-corrected chi connectivity index (χ4v) is 1.58. The lowest BCUT2D eigenvalue weighted by molar-refractivity contribution is 0.0945. The highest BCUT2D eigenvalue weighted by molar-refractivity contribution is 6.33. The van der Waals surface area contributed by atoms with Crippen molar-refractivity contribution < 1.29 is 9.90 Å². The number of aliphatic hydroxyl groups excluding tert-OH is 1. The predicted molar refractivity (Wildman–Crippen MR) is 65.3 cm³/mol. The van der Waals surface area contributed by atoms with Gasteiger partial charge in [-0.1, -0.05) is 11.6 Å². The Morgan fingerprint density at radius 2 is 2.35 bits per heavy atom. The minimum atomic E-state index is -0.301. The van der Waals surface area contributed by atoms with Gasteiger partial charge in [0, 0.05) is 18.8 Å². The highest BCUT2D eigenvalue weighted by Gasteiger charge is 2.22. The molecule has 2 rings (SSSR count). The molecule has 1 amide bonds. The maximum Gasteiger partial charge on any atom is 0.253 e. The molecule has 3 N–H and O–H groups in total. The summed E-state index contributed by atoms with van der Waals surface area (Å²) in [5, 5.41) is 14.7. The third kappa shape index (κ3) is 3.31. The number of carbonyl (C=O) groups is 1. The summed E-state index contributed by atoms with van der Waals surface area (Å²) in [6.07, 6.45) is 3.73. The molecule has 1 saturated carbocycles. The van der Waals surface area contributed by atoms with Crippen molar-refractivity contribution >= 4 is 23.3 Å². The van der Waals surface area contributed by atoms with Gasteiger partial charge in [0.25, 0.3) is 5.91 Å². The number of rotatable bonds is 5. The molecular formula is C11H14ClN3O2. The van der Waals surface area contributed by atoms with Crippen LogP contribution in [0.4, 0.5) is 5.82 Å². The van der Waals surface area contributed by atoms with Crippen molar-refractivity contribution in [3.8, 4) is 0 Å². The van der Waals surface area contributed by atoms with E-state index in [9.17, 15) is 4.79 Å². The number of pyridine rings is 1. The third-order valence-electron chi connectivity index (χ3n) is 2.43. The average Bonchev–Trinajstić information content (AvgIpc) is 3.12. The second-order valence-electron chi connectivity index (χ2n) is 3.95. The van der Waals surface area contributed by atoms with Crippen LogP contribution in [0.25, 0.3) is 0 Å². The molecule has 0 aromatic carbocycles. The summed E-state index contributed by atoms with van der Waals surface area (Å²) in [6.45, 7) is 0.116. The maximum absolute atomic E-state index is 11.7. The minimum absolute atomic E-state index is 0.0956. The molecule has 6 heteroatoms. The summed E-state index contributed by atoms with van der Waals surface area (Å²) >= 11 is 5.91. The highest BCUT2D eigenvalue weighted by Crippen LogP contribution is 2.25. The van der Waals surface area contributed by atoms with Crippen LogP contribution in [0, 0.1) is 0 Å². The summed E-state index contributed by atoms with van der Waals surface area (Å²) in [6, 6.07) is 2.10. The molecule has 1 aromatic heterocycles. The van der Waals surface area contributed by atoms with E-state index < -0.39 is 0 Å². The molecule has 0 radical (unpaired) electrons. The quantitative estimate of drug-likeness (QED) is 0.735. The summed E-state index contributed by atoms with van der Waals surface area (Å²) in [7, 11) is 0. The van der Waals surface area contributed by atoms with Crippen molar-refractivity contribution in [3.05, 3.63) is 22.8 Å². The lowest BCUT2D eigenvalue weighted by atomic mass is 10.2. The first kappa shape index (κ1) is 12.1. The topological polar surface area (TPSA) is 74.2 Å². The van der Waals surface area contributed by atoms with Crippen molar-refractivity contribution in [2.24, 2.45) is 0 Å². The van der Waals surface area contributed by atoms with Gasteiger partial charge in [-0.2, -0.15) is 0 Å². The van der Waals surface area contributed by atoms with Gasteiger partial charge in [-0.05, 0) is 18.9 Å². The van der Waals surface area contributed by atoms with Gasteiger partial charge in [-0.15, -0.1) is 0 Å². The molecule has 0 unspecified atom stereocenters. The molecule has 17 heavy (non-hydrogen) atoms. The van der Waals surface area contributed by atoms with Crippen molar-refractivity contribution in [2.75, 3.05) is 18.5 Å². The van der Waals surface area contributed by atoms with Crippen LogP contribution >= 0.6 is 11.6 Å². The van der Waals surface area contributed by atoms with Gasteiger partial charge in [-0.25, -0.2) is 4.98 Å². The Hall–Kier alpha value is -1.33. The van der Waals surface area contributed by atoms with E-state index in [4.69, 9.17) is 16.7 Å². The standard InChI is InChI=1S/C11H14ClN3O2/c12-9-6-14-10(15-7-1-2-7)5-8(9)11(17)13-3-4-16/h5-7,16H,1-4H2,(H,13,17)(H,14,15).